The van der Waals surface area contributed by atoms with E-state index in [1.54, 1.807) is 6.92 Å². The van der Waals surface area contributed by atoms with Gasteiger partial charge in [-0.25, -0.2) is 17.9 Å². The first-order valence-corrected chi connectivity index (χ1v) is 7.47. The quantitative estimate of drug-likeness (QED) is 0.603. The zero-order valence-electron chi connectivity index (χ0n) is 9.60. The first kappa shape index (κ1) is 15.1. The number of aromatic carboxylic acids is 1. The molecule has 0 amide bonds. The Hall–Kier alpha value is -0.930. The van der Waals surface area contributed by atoms with Gasteiger partial charge in [-0.15, -0.1) is 0 Å². The van der Waals surface area contributed by atoms with E-state index in [2.05, 4.69) is 11.3 Å². The van der Waals surface area contributed by atoms with E-state index in [4.69, 9.17) is 5.11 Å². The molecule has 0 aromatic heterocycles. The van der Waals surface area contributed by atoms with Crippen LogP contribution in [0.4, 0.5) is 0 Å². The third kappa shape index (κ3) is 3.79. The molecule has 1 aromatic carbocycles. The molecule has 7 heteroatoms. The van der Waals surface area contributed by atoms with Crippen LogP contribution in [0.2, 0.25) is 0 Å². The van der Waals surface area contributed by atoms with Crippen LogP contribution in [0.15, 0.2) is 35.2 Å². The summed E-state index contributed by atoms with van der Waals surface area (Å²) in [4.78, 5) is 10.9. The molecule has 0 radical (unpaired) electrons. The van der Waals surface area contributed by atoms with Crippen LogP contribution in [-0.2, 0) is 10.0 Å². The lowest BCUT2D eigenvalue weighted by Gasteiger charge is -2.08. The minimum Gasteiger partial charge on any atom is -0.478 e. The molecule has 0 saturated heterocycles. The fraction of sp³-hybridized carbons (Fsp3) is 0.182. The maximum absolute atomic E-state index is 11.9. The largest absolute Gasteiger partial charge is 0.478 e. The Bertz CT molecular complexity index is 595. The molecule has 0 unspecified atom stereocenters. The van der Waals surface area contributed by atoms with Crippen LogP contribution in [0.3, 0.4) is 0 Å². The highest BCUT2D eigenvalue weighted by Gasteiger charge is 2.17. The number of hydrogen-bond donors (Lipinski definition) is 2. The highest BCUT2D eigenvalue weighted by Crippen LogP contribution is 2.18. The Morgan fingerprint density at radius 1 is 1.50 bits per heavy atom. The van der Waals surface area contributed by atoms with Gasteiger partial charge in [-0.2, -0.15) is 0 Å². The molecule has 0 aliphatic carbocycles. The van der Waals surface area contributed by atoms with Crippen LogP contribution in [0.25, 0.3) is 0 Å². The van der Waals surface area contributed by atoms with E-state index >= 15 is 0 Å². The van der Waals surface area contributed by atoms with Gasteiger partial charge >= 0.3 is 5.97 Å². The van der Waals surface area contributed by atoms with Crippen LogP contribution in [0, 0.1) is 3.57 Å². The zero-order chi connectivity index (χ0) is 13.9. The summed E-state index contributed by atoms with van der Waals surface area (Å²) in [5.41, 5.74) is 0.636. The fourth-order valence-electron chi connectivity index (χ4n) is 1.14. The monoisotopic (exact) mass is 381 g/mol. The SMILES string of the molecule is C=C(C)CNS(=O)(=O)c1ccc(I)c(C(=O)O)c1. The fourth-order valence-corrected chi connectivity index (χ4v) is 2.83. The van der Waals surface area contributed by atoms with Crippen LogP contribution in [-0.4, -0.2) is 26.0 Å². The second kappa shape index (κ2) is 5.81. The molecular weight excluding hydrogens is 369 g/mol. The molecule has 0 aliphatic heterocycles. The van der Waals surface area contributed by atoms with Crippen molar-refractivity contribution in [1.29, 1.82) is 0 Å². The van der Waals surface area contributed by atoms with Gasteiger partial charge in [0.05, 0.1) is 10.5 Å². The molecule has 0 saturated carbocycles. The molecule has 0 bridgehead atoms. The van der Waals surface area contributed by atoms with Crippen molar-refractivity contribution in [1.82, 2.24) is 4.72 Å². The summed E-state index contributed by atoms with van der Waals surface area (Å²) in [6, 6.07) is 3.97. The lowest BCUT2D eigenvalue weighted by molar-refractivity contribution is 0.0695. The van der Waals surface area contributed by atoms with E-state index in [0.717, 1.165) is 6.07 Å². The Morgan fingerprint density at radius 2 is 2.11 bits per heavy atom. The average Bonchev–Trinajstić information content (AvgIpc) is 2.26. The van der Waals surface area contributed by atoms with E-state index in [-0.39, 0.29) is 17.0 Å². The van der Waals surface area contributed by atoms with Crippen molar-refractivity contribution in [2.75, 3.05) is 6.54 Å². The number of sulfonamides is 1. The molecule has 98 valence electrons. The number of rotatable bonds is 5. The number of halogens is 1. The van der Waals surface area contributed by atoms with Crippen molar-refractivity contribution < 1.29 is 18.3 Å². The number of carbonyl (C=O) groups is 1. The minimum absolute atomic E-state index is 0.0335. The molecule has 0 aliphatic rings. The van der Waals surface area contributed by atoms with Gasteiger partial charge in [0, 0.05) is 10.1 Å². The molecular formula is C11H12INO4S. The highest BCUT2D eigenvalue weighted by atomic mass is 127. The highest BCUT2D eigenvalue weighted by molar-refractivity contribution is 14.1. The van der Waals surface area contributed by atoms with Crippen LogP contribution in [0.1, 0.15) is 17.3 Å². The number of nitrogens with one attached hydrogen (secondary N) is 1. The second-order valence-electron chi connectivity index (χ2n) is 3.73. The summed E-state index contributed by atoms with van der Waals surface area (Å²) in [5.74, 6) is -1.16. The standard InChI is InChI=1S/C11H12INO4S/c1-7(2)6-13-18(16,17)8-3-4-10(12)9(5-8)11(14)15/h3-5,13H,1,6H2,2H3,(H,14,15). The molecule has 5 nitrogen and oxygen atoms in total. The van der Waals surface area contributed by atoms with Gasteiger partial charge in [0.15, 0.2) is 0 Å². The number of hydrogen-bond acceptors (Lipinski definition) is 3. The maximum atomic E-state index is 11.9. The Kier molecular flexibility index (Phi) is 4.88. The summed E-state index contributed by atoms with van der Waals surface area (Å²) in [6.07, 6.45) is 0. The zero-order valence-corrected chi connectivity index (χ0v) is 12.6. The van der Waals surface area contributed by atoms with Crippen LogP contribution >= 0.6 is 22.6 Å². The summed E-state index contributed by atoms with van der Waals surface area (Å²) in [6.45, 7) is 5.40. The minimum atomic E-state index is -3.71. The molecule has 0 heterocycles. The Balaban J connectivity index is 3.14. The van der Waals surface area contributed by atoms with Gasteiger partial charge in [-0.1, -0.05) is 12.2 Å². The van der Waals surface area contributed by atoms with E-state index in [0.29, 0.717) is 9.14 Å². The molecule has 0 atom stereocenters. The van der Waals surface area contributed by atoms with Gasteiger partial charge in [0.2, 0.25) is 10.0 Å². The third-order valence-electron chi connectivity index (χ3n) is 2.04. The lowest BCUT2D eigenvalue weighted by Crippen LogP contribution is -2.25. The summed E-state index contributed by atoms with van der Waals surface area (Å²) in [5, 5.41) is 8.94. The average molecular weight is 381 g/mol. The van der Waals surface area contributed by atoms with E-state index in [9.17, 15) is 13.2 Å². The predicted molar refractivity (Wildman–Crippen MR) is 76.1 cm³/mol. The van der Waals surface area contributed by atoms with Gasteiger partial charge in [-0.05, 0) is 47.7 Å². The summed E-state index contributed by atoms with van der Waals surface area (Å²) < 4.78 is 26.6. The van der Waals surface area contributed by atoms with E-state index in [1.165, 1.54) is 12.1 Å². The number of carboxylic acids is 1. The summed E-state index contributed by atoms with van der Waals surface area (Å²) in [7, 11) is -3.71. The van der Waals surface area contributed by atoms with Crippen molar-refractivity contribution in [2.24, 2.45) is 0 Å². The molecule has 1 aromatic rings. The van der Waals surface area contributed by atoms with E-state index < -0.39 is 16.0 Å². The molecule has 0 spiro atoms. The van der Waals surface area contributed by atoms with Crippen LogP contribution < -0.4 is 4.72 Å². The lowest BCUT2D eigenvalue weighted by atomic mass is 10.2. The third-order valence-corrected chi connectivity index (χ3v) is 4.38. The van der Waals surface area contributed by atoms with Crippen molar-refractivity contribution in [3.05, 3.63) is 39.5 Å². The maximum Gasteiger partial charge on any atom is 0.336 e. The van der Waals surface area contributed by atoms with Crippen molar-refractivity contribution in [3.63, 3.8) is 0 Å². The first-order valence-electron chi connectivity index (χ1n) is 4.91. The molecule has 18 heavy (non-hydrogen) atoms. The van der Waals surface area contributed by atoms with Crippen molar-refractivity contribution >= 4 is 38.6 Å². The van der Waals surface area contributed by atoms with Gasteiger partial charge < -0.3 is 5.11 Å². The predicted octanol–water partition coefficient (Wildman–Crippen LogP) is 1.84. The Labute approximate surface area is 119 Å². The van der Waals surface area contributed by atoms with E-state index in [1.807, 2.05) is 22.6 Å². The second-order valence-corrected chi connectivity index (χ2v) is 6.66. The topological polar surface area (TPSA) is 83.5 Å². The Morgan fingerprint density at radius 3 is 2.61 bits per heavy atom. The van der Waals surface area contributed by atoms with Crippen molar-refractivity contribution in [3.8, 4) is 0 Å². The number of carboxylic acid groups (broad SMARTS) is 1. The van der Waals surface area contributed by atoms with Crippen molar-refractivity contribution in [2.45, 2.75) is 11.8 Å². The number of benzene rings is 1. The van der Waals surface area contributed by atoms with Crippen LogP contribution in [0.5, 0.6) is 0 Å². The molecule has 0 fully saturated rings. The summed E-state index contributed by atoms with van der Waals surface area (Å²) >= 11 is 1.84. The van der Waals surface area contributed by atoms with Gasteiger partial charge in [0.1, 0.15) is 0 Å². The van der Waals surface area contributed by atoms with Gasteiger partial charge in [-0.3, -0.25) is 0 Å². The molecule has 2 N–H and O–H groups in total. The smallest absolute Gasteiger partial charge is 0.336 e. The molecule has 1 rings (SSSR count). The normalized spacial score (nSPS) is 11.2. The first-order chi connectivity index (χ1) is 8.24. The van der Waals surface area contributed by atoms with Gasteiger partial charge in [0.25, 0.3) is 0 Å².